The molecule has 32 heavy (non-hydrogen) atoms. The lowest BCUT2D eigenvalue weighted by molar-refractivity contribution is -0.122. The minimum Gasteiger partial charge on any atom is -0.497 e. The SMILES string of the molecule is COc1cc(NC(=O)CN(C)S(=O)(=O)c2cc3c(cc2C)NC(=O)[C@@H](C)O3)cc(OC)c1. The van der Waals surface area contributed by atoms with Crippen LogP contribution < -0.4 is 24.8 Å². The molecule has 0 unspecified atom stereocenters. The number of hydrogen-bond acceptors (Lipinski definition) is 7. The van der Waals surface area contributed by atoms with E-state index in [9.17, 15) is 18.0 Å². The zero-order valence-corrected chi connectivity index (χ0v) is 19.2. The highest BCUT2D eigenvalue weighted by molar-refractivity contribution is 7.89. The number of hydrogen-bond donors (Lipinski definition) is 2. The Bertz CT molecular complexity index is 1140. The van der Waals surface area contributed by atoms with Gasteiger partial charge in [0.1, 0.15) is 17.2 Å². The Kier molecular flexibility index (Phi) is 6.60. The molecule has 1 aliphatic rings. The van der Waals surface area contributed by atoms with E-state index >= 15 is 0 Å². The van der Waals surface area contributed by atoms with E-state index in [4.69, 9.17) is 14.2 Å². The first kappa shape index (κ1) is 23.4. The first-order valence-electron chi connectivity index (χ1n) is 9.66. The van der Waals surface area contributed by atoms with Gasteiger partial charge in [-0.15, -0.1) is 0 Å². The molecule has 3 rings (SSSR count). The molecule has 2 aromatic rings. The summed E-state index contributed by atoms with van der Waals surface area (Å²) in [4.78, 5) is 24.3. The quantitative estimate of drug-likeness (QED) is 0.644. The van der Waals surface area contributed by atoms with Gasteiger partial charge < -0.3 is 24.8 Å². The maximum Gasteiger partial charge on any atom is 0.265 e. The molecule has 0 saturated heterocycles. The molecule has 0 aromatic heterocycles. The smallest absolute Gasteiger partial charge is 0.265 e. The van der Waals surface area contributed by atoms with Crippen molar-refractivity contribution >= 4 is 33.2 Å². The molecule has 11 heteroatoms. The highest BCUT2D eigenvalue weighted by atomic mass is 32.2. The van der Waals surface area contributed by atoms with Gasteiger partial charge >= 0.3 is 0 Å². The summed E-state index contributed by atoms with van der Waals surface area (Å²) >= 11 is 0. The average Bonchev–Trinajstić information content (AvgIpc) is 2.73. The molecule has 2 N–H and O–H groups in total. The Hall–Kier alpha value is -3.31. The molecule has 1 atom stereocenters. The van der Waals surface area contributed by atoms with Gasteiger partial charge in [-0.3, -0.25) is 9.59 Å². The van der Waals surface area contributed by atoms with Gasteiger partial charge in [-0.1, -0.05) is 0 Å². The van der Waals surface area contributed by atoms with Crippen LogP contribution in [0, 0.1) is 6.92 Å². The molecule has 0 radical (unpaired) electrons. The number of nitrogens with zero attached hydrogens (tertiary/aromatic N) is 1. The fourth-order valence-electron chi connectivity index (χ4n) is 3.16. The summed E-state index contributed by atoms with van der Waals surface area (Å²) in [5.41, 5.74) is 1.21. The molecule has 1 heterocycles. The summed E-state index contributed by atoms with van der Waals surface area (Å²) in [6.45, 7) is 2.75. The third-order valence-electron chi connectivity index (χ3n) is 4.90. The second kappa shape index (κ2) is 9.05. The first-order valence-corrected chi connectivity index (χ1v) is 11.1. The highest BCUT2D eigenvalue weighted by Gasteiger charge is 2.30. The van der Waals surface area contributed by atoms with Gasteiger partial charge in [0.25, 0.3) is 5.91 Å². The van der Waals surface area contributed by atoms with Crippen molar-refractivity contribution in [1.82, 2.24) is 4.31 Å². The van der Waals surface area contributed by atoms with Crippen LogP contribution in [0.2, 0.25) is 0 Å². The van der Waals surface area contributed by atoms with Crippen molar-refractivity contribution in [2.24, 2.45) is 0 Å². The third-order valence-corrected chi connectivity index (χ3v) is 6.84. The number of carbonyl (C=O) groups excluding carboxylic acids is 2. The maximum absolute atomic E-state index is 13.1. The van der Waals surface area contributed by atoms with Crippen molar-refractivity contribution < 1.29 is 32.2 Å². The van der Waals surface area contributed by atoms with Crippen LogP contribution in [-0.2, 0) is 19.6 Å². The minimum absolute atomic E-state index is 0.0158. The molecule has 2 aromatic carbocycles. The van der Waals surface area contributed by atoms with Crippen molar-refractivity contribution in [3.05, 3.63) is 35.9 Å². The zero-order chi connectivity index (χ0) is 23.6. The molecule has 0 bridgehead atoms. The standard InChI is InChI=1S/C21H25N3O7S/c1-12-6-17-18(31-13(2)21(26)23-17)10-19(12)32(27,28)24(3)11-20(25)22-14-7-15(29-4)9-16(8-14)30-5/h6-10,13H,11H2,1-5H3,(H,22,25)(H,23,26)/t13-/m1/s1. The van der Waals surface area contributed by atoms with Crippen LogP contribution in [0.25, 0.3) is 0 Å². The summed E-state index contributed by atoms with van der Waals surface area (Å²) in [7, 11) is 0.261. The molecule has 0 fully saturated rings. The number of ether oxygens (including phenoxy) is 3. The number of fused-ring (bicyclic) bond motifs is 1. The van der Waals surface area contributed by atoms with Crippen LogP contribution in [0.4, 0.5) is 11.4 Å². The van der Waals surface area contributed by atoms with Crippen LogP contribution >= 0.6 is 0 Å². The average molecular weight is 464 g/mol. The van der Waals surface area contributed by atoms with Gasteiger partial charge in [-0.05, 0) is 25.5 Å². The number of nitrogens with one attached hydrogen (secondary N) is 2. The summed E-state index contributed by atoms with van der Waals surface area (Å²) in [6.07, 6.45) is -0.746. The second-order valence-electron chi connectivity index (χ2n) is 7.27. The Balaban J connectivity index is 1.79. The lowest BCUT2D eigenvalue weighted by Crippen LogP contribution is -2.36. The number of methoxy groups -OCH3 is 2. The van der Waals surface area contributed by atoms with Crippen LogP contribution in [0.1, 0.15) is 12.5 Å². The molecule has 0 aliphatic carbocycles. The number of anilines is 2. The van der Waals surface area contributed by atoms with Crippen LogP contribution in [0.3, 0.4) is 0 Å². The fourth-order valence-corrected chi connectivity index (χ4v) is 4.50. The molecule has 2 amide bonds. The molecular weight excluding hydrogens is 438 g/mol. The van der Waals surface area contributed by atoms with E-state index in [-0.39, 0.29) is 16.6 Å². The Morgan fingerprint density at radius 1 is 1.16 bits per heavy atom. The Morgan fingerprint density at radius 3 is 2.38 bits per heavy atom. The normalized spacial score (nSPS) is 15.4. The lowest BCUT2D eigenvalue weighted by atomic mass is 10.1. The number of amides is 2. The van der Waals surface area contributed by atoms with Gasteiger partial charge in [0.2, 0.25) is 15.9 Å². The van der Waals surface area contributed by atoms with Crippen molar-refractivity contribution in [1.29, 1.82) is 0 Å². The molecule has 10 nitrogen and oxygen atoms in total. The lowest BCUT2D eigenvalue weighted by Gasteiger charge is -2.25. The van der Waals surface area contributed by atoms with Crippen molar-refractivity contribution in [2.75, 3.05) is 38.4 Å². The second-order valence-corrected chi connectivity index (χ2v) is 9.29. The van der Waals surface area contributed by atoms with Gasteiger partial charge in [-0.25, -0.2) is 8.42 Å². The van der Waals surface area contributed by atoms with Crippen molar-refractivity contribution in [3.8, 4) is 17.2 Å². The molecule has 0 spiro atoms. The minimum atomic E-state index is -4.02. The van der Waals surface area contributed by atoms with Gasteiger partial charge in [0.15, 0.2) is 6.10 Å². The number of rotatable bonds is 7. The maximum atomic E-state index is 13.1. The zero-order valence-electron chi connectivity index (χ0n) is 18.4. The number of likely N-dealkylation sites (N-methyl/N-ethyl adjacent to an activating group) is 1. The van der Waals surface area contributed by atoms with Gasteiger partial charge in [0, 0.05) is 37.0 Å². The number of benzene rings is 2. The molecular formula is C21H25N3O7S. The molecule has 172 valence electrons. The van der Waals surface area contributed by atoms with E-state index in [0.29, 0.717) is 28.4 Å². The van der Waals surface area contributed by atoms with E-state index in [0.717, 1.165) is 4.31 Å². The van der Waals surface area contributed by atoms with Crippen molar-refractivity contribution in [3.63, 3.8) is 0 Å². The topological polar surface area (TPSA) is 123 Å². The van der Waals surface area contributed by atoms with E-state index in [1.165, 1.54) is 33.4 Å². The van der Waals surface area contributed by atoms with Crippen molar-refractivity contribution in [2.45, 2.75) is 24.8 Å². The summed E-state index contributed by atoms with van der Waals surface area (Å²) < 4.78 is 43.1. The van der Waals surface area contributed by atoms with Crippen LogP contribution in [-0.4, -0.2) is 58.5 Å². The molecule has 0 saturated carbocycles. The first-order chi connectivity index (χ1) is 15.0. The van der Waals surface area contributed by atoms with Crippen LogP contribution in [0.15, 0.2) is 35.2 Å². The van der Waals surface area contributed by atoms with Crippen LogP contribution in [0.5, 0.6) is 17.2 Å². The number of sulfonamides is 1. The van der Waals surface area contributed by atoms with E-state index in [1.807, 2.05) is 0 Å². The Morgan fingerprint density at radius 2 is 1.78 bits per heavy atom. The molecule has 1 aliphatic heterocycles. The van der Waals surface area contributed by atoms with E-state index < -0.39 is 28.6 Å². The predicted octanol–water partition coefficient (Wildman–Crippen LogP) is 1.99. The number of carbonyl (C=O) groups is 2. The van der Waals surface area contributed by atoms with Gasteiger partial charge in [-0.2, -0.15) is 4.31 Å². The van der Waals surface area contributed by atoms with E-state index in [1.54, 1.807) is 32.0 Å². The highest BCUT2D eigenvalue weighted by Crippen LogP contribution is 2.35. The van der Waals surface area contributed by atoms with E-state index in [2.05, 4.69) is 10.6 Å². The monoisotopic (exact) mass is 463 g/mol. The largest absolute Gasteiger partial charge is 0.497 e. The summed E-state index contributed by atoms with van der Waals surface area (Å²) in [6, 6.07) is 7.72. The van der Waals surface area contributed by atoms with Gasteiger partial charge in [0.05, 0.1) is 31.3 Å². The fraction of sp³-hybridized carbons (Fsp3) is 0.333. The summed E-state index contributed by atoms with van der Waals surface area (Å²) in [5.74, 6) is 0.357. The Labute approximate surface area is 186 Å². The predicted molar refractivity (Wildman–Crippen MR) is 118 cm³/mol. The number of aryl methyl sites for hydroxylation is 1. The summed E-state index contributed by atoms with van der Waals surface area (Å²) in [5, 5.41) is 5.32. The third kappa shape index (κ3) is 4.78.